The molecule has 0 atom stereocenters. The molecule has 2 aromatic rings. The third kappa shape index (κ3) is 5.06. The summed E-state index contributed by atoms with van der Waals surface area (Å²) in [5, 5.41) is 6.22. The number of hydrogen-bond acceptors (Lipinski definition) is 3. The summed E-state index contributed by atoms with van der Waals surface area (Å²) >= 11 is 0. The van der Waals surface area contributed by atoms with Crippen LogP contribution < -0.4 is 15.5 Å². The lowest BCUT2D eigenvalue weighted by Gasteiger charge is -2.28. The monoisotopic (exact) mass is 382 g/mol. The van der Waals surface area contributed by atoms with Crippen LogP contribution >= 0.6 is 0 Å². The van der Waals surface area contributed by atoms with Gasteiger partial charge in [0.05, 0.1) is 19.6 Å². The first-order chi connectivity index (χ1) is 13.6. The predicted octanol–water partition coefficient (Wildman–Crippen LogP) is 1.56. The van der Waals surface area contributed by atoms with Crippen molar-refractivity contribution < 1.29 is 4.79 Å². The van der Waals surface area contributed by atoms with Gasteiger partial charge in [0, 0.05) is 51.3 Å². The second-order valence-electron chi connectivity index (χ2n) is 7.07. The summed E-state index contributed by atoms with van der Waals surface area (Å²) in [4.78, 5) is 20.6. The quantitative estimate of drug-likeness (QED) is 0.588. The second-order valence-corrected chi connectivity index (χ2v) is 7.07. The zero-order valence-corrected chi connectivity index (χ0v) is 17.0. The highest BCUT2D eigenvalue weighted by atomic mass is 16.2. The first-order valence-corrected chi connectivity index (χ1v) is 9.77. The molecule has 1 aromatic carbocycles. The van der Waals surface area contributed by atoms with E-state index < -0.39 is 0 Å². The van der Waals surface area contributed by atoms with Crippen molar-refractivity contribution in [1.82, 2.24) is 20.1 Å². The van der Waals surface area contributed by atoms with E-state index in [0.717, 1.165) is 36.8 Å². The number of hydrogen-bond donors (Lipinski definition) is 2. The molecule has 0 saturated carbocycles. The Morgan fingerprint density at radius 3 is 2.71 bits per heavy atom. The number of rotatable bonds is 6. The van der Waals surface area contributed by atoms with Gasteiger partial charge < -0.3 is 25.0 Å². The van der Waals surface area contributed by atoms with E-state index in [2.05, 4.69) is 88.6 Å². The van der Waals surface area contributed by atoms with Crippen molar-refractivity contribution in [2.24, 2.45) is 12.0 Å². The third-order valence-corrected chi connectivity index (χ3v) is 4.90. The number of aromatic nitrogens is 1. The van der Waals surface area contributed by atoms with Gasteiger partial charge in [-0.15, -0.1) is 0 Å². The number of benzene rings is 1. The first-order valence-electron chi connectivity index (χ1n) is 9.77. The normalized spacial score (nSPS) is 14.8. The third-order valence-electron chi connectivity index (χ3n) is 4.90. The fourth-order valence-corrected chi connectivity index (χ4v) is 3.29. The molecule has 150 valence electrons. The van der Waals surface area contributed by atoms with Crippen molar-refractivity contribution in [3.8, 4) is 0 Å². The minimum Gasteiger partial charge on any atom is -0.360 e. The van der Waals surface area contributed by atoms with E-state index >= 15 is 0 Å². The number of aryl methyl sites for hydroxylation is 1. The molecule has 7 nitrogen and oxygen atoms in total. The largest absolute Gasteiger partial charge is 0.360 e. The molecule has 2 N–H and O–H groups in total. The van der Waals surface area contributed by atoms with Gasteiger partial charge in [-0.1, -0.05) is 12.1 Å². The Kier molecular flexibility index (Phi) is 6.57. The molecule has 1 aliphatic heterocycles. The van der Waals surface area contributed by atoms with Crippen LogP contribution in [0.3, 0.4) is 0 Å². The van der Waals surface area contributed by atoms with Crippen LogP contribution in [-0.2, 0) is 24.9 Å². The van der Waals surface area contributed by atoms with Crippen LogP contribution in [-0.4, -0.2) is 54.6 Å². The number of carbonyl (C=O) groups is 1. The average molecular weight is 383 g/mol. The molecule has 3 rings (SSSR count). The summed E-state index contributed by atoms with van der Waals surface area (Å²) in [5.74, 6) is 0.969. The Hall–Kier alpha value is -2.96. The number of piperazine rings is 1. The number of aliphatic imine (C=N–C) groups is 1. The zero-order valence-electron chi connectivity index (χ0n) is 17.0. The van der Waals surface area contributed by atoms with Gasteiger partial charge in [0.2, 0.25) is 5.91 Å². The topological polar surface area (TPSA) is 64.9 Å². The lowest BCUT2D eigenvalue weighted by molar-refractivity contribution is -0.120. The van der Waals surface area contributed by atoms with Gasteiger partial charge >= 0.3 is 0 Å². The lowest BCUT2D eigenvalue weighted by Crippen LogP contribution is -2.47. The molecule has 1 saturated heterocycles. The summed E-state index contributed by atoms with van der Waals surface area (Å²) in [7, 11) is 4.11. The van der Waals surface area contributed by atoms with E-state index in [-0.39, 0.29) is 5.91 Å². The van der Waals surface area contributed by atoms with E-state index in [1.54, 1.807) is 0 Å². The first kappa shape index (κ1) is 19.8. The summed E-state index contributed by atoms with van der Waals surface area (Å²) in [6.07, 6.45) is 2.06. The molecule has 1 amide bonds. The molecule has 0 bridgehead atoms. The highest BCUT2D eigenvalue weighted by Gasteiger charge is 2.16. The number of anilines is 1. The van der Waals surface area contributed by atoms with Gasteiger partial charge in [-0.3, -0.25) is 4.79 Å². The molecule has 0 aliphatic carbocycles. The van der Waals surface area contributed by atoms with Gasteiger partial charge in [0.15, 0.2) is 5.96 Å². The van der Waals surface area contributed by atoms with Crippen LogP contribution in [0.5, 0.6) is 0 Å². The molecule has 7 heteroatoms. The standard InChI is InChI=1S/C21H30N6O/c1-4-22-21(26(3)15-19-6-5-12-25(19)2)24-14-17-7-9-18(10-8-17)27-13-11-23-20(28)16-27/h5-10,12H,4,11,13-16H2,1-3H3,(H,22,24)(H,23,28). The van der Waals surface area contributed by atoms with Gasteiger partial charge in [-0.05, 0) is 36.8 Å². The van der Waals surface area contributed by atoms with Gasteiger partial charge in [-0.25, -0.2) is 4.99 Å². The van der Waals surface area contributed by atoms with Crippen molar-refractivity contribution in [2.45, 2.75) is 20.0 Å². The SMILES string of the molecule is CCNC(=NCc1ccc(N2CCNC(=O)C2)cc1)N(C)Cc1cccn1C. The Labute approximate surface area is 167 Å². The Balaban J connectivity index is 1.63. The highest BCUT2D eigenvalue weighted by molar-refractivity contribution is 5.82. The molecule has 1 aliphatic rings. The average Bonchev–Trinajstić information content (AvgIpc) is 3.10. The van der Waals surface area contributed by atoms with Crippen LogP contribution in [0.15, 0.2) is 47.6 Å². The maximum absolute atomic E-state index is 11.6. The van der Waals surface area contributed by atoms with Crippen molar-refractivity contribution in [3.63, 3.8) is 0 Å². The van der Waals surface area contributed by atoms with Gasteiger partial charge in [0.1, 0.15) is 0 Å². The van der Waals surface area contributed by atoms with Crippen molar-refractivity contribution >= 4 is 17.6 Å². The van der Waals surface area contributed by atoms with Crippen LogP contribution in [0.25, 0.3) is 0 Å². The van der Waals surface area contributed by atoms with E-state index in [0.29, 0.717) is 19.6 Å². The second kappa shape index (κ2) is 9.30. The fraction of sp³-hybridized carbons (Fsp3) is 0.429. The molecule has 1 fully saturated rings. The van der Waals surface area contributed by atoms with Crippen LogP contribution in [0.1, 0.15) is 18.2 Å². The van der Waals surface area contributed by atoms with Crippen LogP contribution in [0.2, 0.25) is 0 Å². The maximum atomic E-state index is 11.6. The van der Waals surface area contributed by atoms with Gasteiger partial charge in [0.25, 0.3) is 0 Å². The fourth-order valence-electron chi connectivity index (χ4n) is 3.29. The summed E-state index contributed by atoms with van der Waals surface area (Å²) in [5.41, 5.74) is 3.46. The zero-order chi connectivity index (χ0) is 19.9. The molecule has 0 unspecified atom stereocenters. The molecule has 28 heavy (non-hydrogen) atoms. The predicted molar refractivity (Wildman–Crippen MR) is 113 cm³/mol. The number of guanidine groups is 1. The summed E-state index contributed by atoms with van der Waals surface area (Å²) in [6.45, 7) is 6.28. The number of amides is 1. The van der Waals surface area contributed by atoms with E-state index in [4.69, 9.17) is 4.99 Å². The Morgan fingerprint density at radius 2 is 2.07 bits per heavy atom. The van der Waals surface area contributed by atoms with Crippen LogP contribution in [0, 0.1) is 0 Å². The lowest BCUT2D eigenvalue weighted by atomic mass is 10.2. The van der Waals surface area contributed by atoms with Crippen molar-refractivity contribution in [1.29, 1.82) is 0 Å². The summed E-state index contributed by atoms with van der Waals surface area (Å²) in [6, 6.07) is 12.5. The highest BCUT2D eigenvalue weighted by Crippen LogP contribution is 2.16. The minimum atomic E-state index is 0.0801. The molecule has 2 heterocycles. The molecular weight excluding hydrogens is 352 g/mol. The minimum absolute atomic E-state index is 0.0801. The Morgan fingerprint density at radius 1 is 1.29 bits per heavy atom. The number of nitrogens with one attached hydrogen (secondary N) is 2. The van der Waals surface area contributed by atoms with Crippen molar-refractivity contribution in [2.75, 3.05) is 38.1 Å². The molecule has 0 spiro atoms. The summed E-state index contributed by atoms with van der Waals surface area (Å²) < 4.78 is 2.12. The maximum Gasteiger partial charge on any atom is 0.239 e. The van der Waals surface area contributed by atoms with Crippen molar-refractivity contribution in [3.05, 3.63) is 53.9 Å². The smallest absolute Gasteiger partial charge is 0.239 e. The van der Waals surface area contributed by atoms with E-state index in [1.807, 2.05) is 0 Å². The van der Waals surface area contributed by atoms with Gasteiger partial charge in [-0.2, -0.15) is 0 Å². The Bertz CT molecular complexity index is 811. The molecule has 0 radical (unpaired) electrons. The number of carbonyl (C=O) groups excluding carboxylic acids is 1. The molecular formula is C21H30N6O. The number of nitrogens with zero attached hydrogens (tertiary/aromatic N) is 4. The van der Waals surface area contributed by atoms with E-state index in [9.17, 15) is 4.79 Å². The van der Waals surface area contributed by atoms with Crippen LogP contribution in [0.4, 0.5) is 5.69 Å². The van der Waals surface area contributed by atoms with E-state index in [1.165, 1.54) is 5.69 Å². The molecule has 1 aromatic heterocycles.